The van der Waals surface area contributed by atoms with Gasteiger partial charge in [-0.05, 0) is 31.9 Å². The zero-order valence-corrected chi connectivity index (χ0v) is 17.5. The van der Waals surface area contributed by atoms with Crippen molar-refractivity contribution in [2.45, 2.75) is 25.9 Å². The zero-order chi connectivity index (χ0) is 17.0. The van der Waals surface area contributed by atoms with Crippen LogP contribution in [0.4, 0.5) is 0 Å². The molecule has 0 amide bonds. The second-order valence-electron chi connectivity index (χ2n) is 5.80. The van der Waals surface area contributed by atoms with Gasteiger partial charge in [0.05, 0.1) is 19.3 Å². The van der Waals surface area contributed by atoms with Crippen LogP contribution < -0.4 is 15.4 Å². The first-order valence-electron chi connectivity index (χ1n) is 8.61. The van der Waals surface area contributed by atoms with Crippen molar-refractivity contribution in [3.8, 4) is 5.75 Å². The van der Waals surface area contributed by atoms with E-state index in [4.69, 9.17) is 14.2 Å². The third-order valence-electron chi connectivity index (χ3n) is 3.76. The number of nitrogens with zero attached hydrogens (tertiary/aromatic N) is 1. The van der Waals surface area contributed by atoms with Crippen molar-refractivity contribution in [3.63, 3.8) is 0 Å². The molecule has 0 aliphatic carbocycles. The highest BCUT2D eigenvalue weighted by atomic mass is 127. The van der Waals surface area contributed by atoms with E-state index in [2.05, 4.69) is 22.5 Å². The lowest BCUT2D eigenvalue weighted by Gasteiger charge is -2.13. The maximum absolute atomic E-state index is 5.73. The quantitative estimate of drug-likeness (QED) is 0.255. The Labute approximate surface area is 167 Å². The summed E-state index contributed by atoms with van der Waals surface area (Å²) in [4.78, 5) is 4.20. The lowest BCUT2D eigenvalue weighted by Crippen LogP contribution is -2.40. The molecule has 0 bridgehead atoms. The summed E-state index contributed by atoms with van der Waals surface area (Å²) in [5.41, 5.74) is 1.23. The van der Waals surface area contributed by atoms with Gasteiger partial charge in [0.15, 0.2) is 5.96 Å². The summed E-state index contributed by atoms with van der Waals surface area (Å²) in [7, 11) is 1.77. The first kappa shape index (κ1) is 22.0. The Kier molecular flexibility index (Phi) is 11.6. The fourth-order valence-electron chi connectivity index (χ4n) is 2.37. The molecule has 0 radical (unpaired) electrons. The SMILES string of the molecule is CN=C(NCCCOC1CCOC1)NCCOc1ccc(C)cc1.I. The molecule has 142 valence electrons. The first-order chi connectivity index (χ1) is 11.8. The van der Waals surface area contributed by atoms with Crippen molar-refractivity contribution >= 4 is 29.9 Å². The second kappa shape index (κ2) is 13.2. The third kappa shape index (κ3) is 9.27. The van der Waals surface area contributed by atoms with E-state index < -0.39 is 0 Å². The number of benzene rings is 1. The van der Waals surface area contributed by atoms with Crippen LogP contribution >= 0.6 is 24.0 Å². The predicted molar refractivity (Wildman–Crippen MR) is 111 cm³/mol. The van der Waals surface area contributed by atoms with E-state index in [-0.39, 0.29) is 30.1 Å². The number of aryl methyl sites for hydroxylation is 1. The number of aliphatic imine (C=N–C) groups is 1. The molecule has 6 nitrogen and oxygen atoms in total. The van der Waals surface area contributed by atoms with Crippen molar-refractivity contribution in [1.29, 1.82) is 0 Å². The Morgan fingerprint density at radius 2 is 1.96 bits per heavy atom. The van der Waals surface area contributed by atoms with Gasteiger partial charge in [0.1, 0.15) is 12.4 Å². The van der Waals surface area contributed by atoms with Crippen molar-refractivity contribution in [2.24, 2.45) is 4.99 Å². The molecule has 1 aromatic carbocycles. The Bertz CT molecular complexity index is 491. The molecule has 0 saturated carbocycles. The minimum atomic E-state index is 0. The summed E-state index contributed by atoms with van der Waals surface area (Å²) in [6.45, 7) is 6.48. The van der Waals surface area contributed by atoms with Gasteiger partial charge in [-0.2, -0.15) is 0 Å². The zero-order valence-electron chi connectivity index (χ0n) is 15.1. The molecule has 1 aromatic rings. The number of hydrogen-bond donors (Lipinski definition) is 2. The maximum Gasteiger partial charge on any atom is 0.191 e. The summed E-state index contributed by atoms with van der Waals surface area (Å²) < 4.78 is 16.7. The van der Waals surface area contributed by atoms with Crippen molar-refractivity contribution in [1.82, 2.24) is 10.6 Å². The van der Waals surface area contributed by atoms with E-state index in [9.17, 15) is 0 Å². The Morgan fingerprint density at radius 3 is 2.64 bits per heavy atom. The Morgan fingerprint density at radius 1 is 1.20 bits per heavy atom. The molecule has 1 heterocycles. The van der Waals surface area contributed by atoms with Crippen LogP contribution in [0.1, 0.15) is 18.4 Å². The molecule has 1 aliphatic heterocycles. The predicted octanol–water partition coefficient (Wildman–Crippen LogP) is 2.35. The highest BCUT2D eigenvalue weighted by Gasteiger charge is 2.15. The molecule has 2 N–H and O–H groups in total. The molecule has 2 rings (SSSR count). The van der Waals surface area contributed by atoms with E-state index in [1.807, 2.05) is 24.3 Å². The van der Waals surface area contributed by atoms with Gasteiger partial charge in [-0.25, -0.2) is 0 Å². The Balaban J connectivity index is 0.00000312. The molecule has 25 heavy (non-hydrogen) atoms. The molecular weight excluding hydrogens is 433 g/mol. The summed E-state index contributed by atoms with van der Waals surface area (Å²) in [5.74, 6) is 1.67. The summed E-state index contributed by atoms with van der Waals surface area (Å²) in [6.07, 6.45) is 2.23. The number of nitrogens with one attached hydrogen (secondary N) is 2. The molecule has 0 spiro atoms. The average Bonchev–Trinajstić information content (AvgIpc) is 3.11. The number of rotatable bonds is 9. The molecule has 1 aliphatic rings. The monoisotopic (exact) mass is 463 g/mol. The van der Waals surface area contributed by atoms with Crippen LogP contribution in [0.5, 0.6) is 5.75 Å². The van der Waals surface area contributed by atoms with E-state index >= 15 is 0 Å². The van der Waals surface area contributed by atoms with Gasteiger partial charge in [-0.1, -0.05) is 17.7 Å². The smallest absolute Gasteiger partial charge is 0.191 e. The minimum Gasteiger partial charge on any atom is -0.492 e. The van der Waals surface area contributed by atoms with Crippen LogP contribution in [-0.2, 0) is 9.47 Å². The van der Waals surface area contributed by atoms with Gasteiger partial charge in [0.2, 0.25) is 0 Å². The van der Waals surface area contributed by atoms with E-state index in [0.29, 0.717) is 13.2 Å². The molecule has 7 heteroatoms. The topological polar surface area (TPSA) is 64.1 Å². The van der Waals surface area contributed by atoms with Crippen molar-refractivity contribution in [2.75, 3.05) is 46.6 Å². The first-order valence-corrected chi connectivity index (χ1v) is 8.61. The standard InChI is InChI=1S/C18H29N3O3.HI/c1-15-4-6-16(7-5-15)24-13-10-21-18(19-2)20-9-3-11-23-17-8-12-22-14-17;/h4-7,17H,3,8-14H2,1-2H3,(H2,19,20,21);1H. The molecule has 1 unspecified atom stereocenters. The van der Waals surface area contributed by atoms with Crippen molar-refractivity contribution in [3.05, 3.63) is 29.8 Å². The van der Waals surface area contributed by atoms with Crippen molar-refractivity contribution < 1.29 is 14.2 Å². The molecule has 1 saturated heterocycles. The largest absolute Gasteiger partial charge is 0.492 e. The summed E-state index contributed by atoms with van der Waals surface area (Å²) >= 11 is 0. The van der Waals surface area contributed by atoms with E-state index in [0.717, 1.165) is 50.9 Å². The van der Waals surface area contributed by atoms with Gasteiger partial charge < -0.3 is 24.8 Å². The number of ether oxygens (including phenoxy) is 3. The van der Waals surface area contributed by atoms with Crippen LogP contribution in [0.3, 0.4) is 0 Å². The van der Waals surface area contributed by atoms with Crippen LogP contribution in [0.2, 0.25) is 0 Å². The summed E-state index contributed by atoms with van der Waals surface area (Å²) in [5, 5.41) is 6.51. The number of halogens is 1. The van der Waals surface area contributed by atoms with Gasteiger partial charge in [-0.15, -0.1) is 24.0 Å². The number of hydrogen-bond acceptors (Lipinski definition) is 4. The normalized spacial score (nSPS) is 17.0. The van der Waals surface area contributed by atoms with Crippen LogP contribution in [-0.4, -0.2) is 58.6 Å². The van der Waals surface area contributed by atoms with E-state index in [1.165, 1.54) is 5.56 Å². The second-order valence-corrected chi connectivity index (χ2v) is 5.80. The van der Waals surface area contributed by atoms with Crippen LogP contribution in [0, 0.1) is 6.92 Å². The fourth-order valence-corrected chi connectivity index (χ4v) is 2.37. The van der Waals surface area contributed by atoms with Gasteiger partial charge in [-0.3, -0.25) is 4.99 Å². The third-order valence-corrected chi connectivity index (χ3v) is 3.76. The highest BCUT2D eigenvalue weighted by Crippen LogP contribution is 2.10. The van der Waals surface area contributed by atoms with Gasteiger partial charge >= 0.3 is 0 Å². The average molecular weight is 463 g/mol. The minimum absolute atomic E-state index is 0. The molecule has 1 fully saturated rings. The lowest BCUT2D eigenvalue weighted by molar-refractivity contribution is 0.0420. The molecule has 1 atom stereocenters. The van der Waals surface area contributed by atoms with E-state index in [1.54, 1.807) is 7.05 Å². The summed E-state index contributed by atoms with van der Waals surface area (Å²) in [6, 6.07) is 8.06. The molecular formula is C18H30IN3O3. The number of guanidine groups is 1. The van der Waals surface area contributed by atoms with Crippen LogP contribution in [0.15, 0.2) is 29.3 Å². The van der Waals surface area contributed by atoms with Gasteiger partial charge in [0.25, 0.3) is 0 Å². The van der Waals surface area contributed by atoms with Crippen LogP contribution in [0.25, 0.3) is 0 Å². The Hall–Kier alpha value is -1.06. The highest BCUT2D eigenvalue weighted by molar-refractivity contribution is 14.0. The van der Waals surface area contributed by atoms with Gasteiger partial charge in [0, 0.05) is 26.8 Å². The fraction of sp³-hybridized carbons (Fsp3) is 0.611. The lowest BCUT2D eigenvalue weighted by atomic mass is 10.2. The molecule has 0 aromatic heterocycles. The maximum atomic E-state index is 5.73.